The zero-order chi connectivity index (χ0) is 13.8. The lowest BCUT2D eigenvalue weighted by Crippen LogP contribution is -2.35. The van der Waals surface area contributed by atoms with Crippen molar-refractivity contribution in [3.05, 3.63) is 24.5 Å². The number of aromatic nitrogens is 2. The molecule has 0 saturated carbocycles. The molecule has 1 heterocycles. The van der Waals surface area contributed by atoms with Gasteiger partial charge >= 0.3 is 6.09 Å². The van der Waals surface area contributed by atoms with E-state index in [1.165, 1.54) is 17.1 Å². The van der Waals surface area contributed by atoms with Gasteiger partial charge in [-0.3, -0.25) is 0 Å². The third-order valence-electron chi connectivity index (χ3n) is 1.98. The predicted octanol–water partition coefficient (Wildman–Crippen LogP) is 1.75. The van der Waals surface area contributed by atoms with E-state index in [2.05, 4.69) is 17.0 Å². The van der Waals surface area contributed by atoms with Gasteiger partial charge in [-0.15, -0.1) is 0 Å². The molecule has 1 atom stereocenters. The highest BCUT2D eigenvalue weighted by molar-refractivity contribution is 5.74. The molecule has 0 aliphatic carbocycles. The predicted molar refractivity (Wildman–Crippen MR) is 66.8 cm³/mol. The van der Waals surface area contributed by atoms with Crippen LogP contribution in [0.15, 0.2) is 19.0 Å². The molecule has 6 heteroatoms. The molecule has 0 spiro atoms. The molecule has 1 N–H and O–H groups in total. The highest BCUT2D eigenvalue weighted by Gasteiger charge is 2.20. The van der Waals surface area contributed by atoms with Crippen LogP contribution in [0.1, 0.15) is 32.4 Å². The van der Waals surface area contributed by atoms with Gasteiger partial charge in [0, 0.05) is 18.0 Å². The molecule has 0 radical (unpaired) electrons. The number of carbonyl (C=O) groups excluding carboxylic acids is 2. The molecular weight excluding hydrogens is 234 g/mol. The minimum Gasteiger partial charge on any atom is -0.444 e. The Balaban J connectivity index is 2.70. The molecular formula is C12H17N3O3. The molecule has 0 bridgehead atoms. The summed E-state index contributed by atoms with van der Waals surface area (Å²) in [5, 5.41) is 6.39. The first kappa shape index (κ1) is 14.0. The monoisotopic (exact) mass is 251 g/mol. The van der Waals surface area contributed by atoms with Crippen molar-refractivity contribution in [3.63, 3.8) is 0 Å². The summed E-state index contributed by atoms with van der Waals surface area (Å²) in [4.78, 5) is 22.5. The number of aldehydes is 1. The van der Waals surface area contributed by atoms with Crippen LogP contribution in [0.4, 0.5) is 4.79 Å². The first-order valence-electron chi connectivity index (χ1n) is 5.47. The third-order valence-corrected chi connectivity index (χ3v) is 1.98. The Morgan fingerprint density at radius 3 is 2.72 bits per heavy atom. The molecule has 1 aromatic rings. The van der Waals surface area contributed by atoms with Crippen molar-refractivity contribution < 1.29 is 14.3 Å². The summed E-state index contributed by atoms with van der Waals surface area (Å²) >= 11 is 0. The first-order chi connectivity index (χ1) is 8.35. The highest BCUT2D eigenvalue weighted by atomic mass is 16.6. The Hall–Kier alpha value is -2.11. The molecule has 0 saturated heterocycles. The van der Waals surface area contributed by atoms with Crippen molar-refractivity contribution in [2.24, 2.45) is 0 Å². The van der Waals surface area contributed by atoms with Gasteiger partial charge in [0.25, 0.3) is 0 Å². The maximum atomic E-state index is 11.5. The van der Waals surface area contributed by atoms with Crippen LogP contribution in [0, 0.1) is 0 Å². The fourth-order valence-electron chi connectivity index (χ4n) is 1.24. The van der Waals surface area contributed by atoms with Crippen LogP contribution in [0.25, 0.3) is 6.20 Å². The summed E-state index contributed by atoms with van der Waals surface area (Å²) in [6.45, 7) is 8.78. The lowest BCUT2D eigenvalue weighted by molar-refractivity contribution is -0.109. The summed E-state index contributed by atoms with van der Waals surface area (Å²) in [5.74, 6) is 0. The van der Waals surface area contributed by atoms with E-state index in [0.29, 0.717) is 11.8 Å². The number of amides is 1. The van der Waals surface area contributed by atoms with Gasteiger partial charge in [0.05, 0.1) is 6.20 Å². The number of rotatable bonds is 4. The van der Waals surface area contributed by atoms with Gasteiger partial charge < -0.3 is 14.8 Å². The lowest BCUT2D eigenvalue weighted by atomic mass is 10.2. The smallest absolute Gasteiger partial charge is 0.408 e. The maximum Gasteiger partial charge on any atom is 0.408 e. The largest absolute Gasteiger partial charge is 0.444 e. The van der Waals surface area contributed by atoms with E-state index < -0.39 is 17.7 Å². The molecule has 0 aromatic carbocycles. The minimum absolute atomic E-state index is 0.566. The van der Waals surface area contributed by atoms with E-state index in [1.54, 1.807) is 27.0 Å². The molecule has 1 unspecified atom stereocenters. The number of hydrogen-bond donors (Lipinski definition) is 1. The Kier molecular flexibility index (Phi) is 4.25. The summed E-state index contributed by atoms with van der Waals surface area (Å²) in [7, 11) is 0. The van der Waals surface area contributed by atoms with Crippen LogP contribution in [-0.4, -0.2) is 27.8 Å². The zero-order valence-corrected chi connectivity index (χ0v) is 10.7. The zero-order valence-electron chi connectivity index (χ0n) is 10.7. The summed E-state index contributed by atoms with van der Waals surface area (Å²) in [6, 6.07) is -0.784. The second kappa shape index (κ2) is 5.48. The molecule has 0 aliphatic heterocycles. The van der Waals surface area contributed by atoms with Gasteiger partial charge in [0.2, 0.25) is 0 Å². The standard InChI is InChI=1S/C12H17N3O3/c1-5-15-7-9(6-13-15)10(8-16)14-11(17)18-12(2,3)4/h5-8,10H,1H2,2-4H3,(H,14,17). The van der Waals surface area contributed by atoms with Crippen molar-refractivity contribution in [3.8, 4) is 0 Å². The number of alkyl carbamates (subject to hydrolysis) is 1. The van der Waals surface area contributed by atoms with Crippen molar-refractivity contribution in [1.29, 1.82) is 0 Å². The Labute approximate surface area is 106 Å². The van der Waals surface area contributed by atoms with E-state index in [-0.39, 0.29) is 0 Å². The molecule has 1 amide bonds. The lowest BCUT2D eigenvalue weighted by Gasteiger charge is -2.21. The van der Waals surface area contributed by atoms with Crippen molar-refractivity contribution >= 4 is 18.6 Å². The number of ether oxygens (including phenoxy) is 1. The van der Waals surface area contributed by atoms with E-state index in [1.807, 2.05) is 0 Å². The van der Waals surface area contributed by atoms with Gasteiger partial charge in [0.1, 0.15) is 17.9 Å². The van der Waals surface area contributed by atoms with E-state index in [0.717, 1.165) is 0 Å². The summed E-state index contributed by atoms with van der Waals surface area (Å²) in [5.41, 5.74) is -0.0428. The number of hydrogen-bond acceptors (Lipinski definition) is 4. The summed E-state index contributed by atoms with van der Waals surface area (Å²) < 4.78 is 6.52. The normalized spacial score (nSPS) is 12.6. The average Bonchev–Trinajstić information content (AvgIpc) is 2.71. The maximum absolute atomic E-state index is 11.5. The van der Waals surface area contributed by atoms with Gasteiger partial charge in [-0.1, -0.05) is 6.58 Å². The van der Waals surface area contributed by atoms with Gasteiger partial charge in [-0.2, -0.15) is 5.10 Å². The second-order valence-electron chi connectivity index (χ2n) is 4.70. The van der Waals surface area contributed by atoms with Crippen LogP contribution in [0.3, 0.4) is 0 Å². The van der Waals surface area contributed by atoms with Crippen LogP contribution < -0.4 is 5.32 Å². The van der Waals surface area contributed by atoms with Crippen LogP contribution in [0.5, 0.6) is 0 Å². The van der Waals surface area contributed by atoms with Gasteiger partial charge in [0.15, 0.2) is 0 Å². The Bertz CT molecular complexity index is 446. The molecule has 0 aliphatic rings. The number of nitrogens with zero attached hydrogens (tertiary/aromatic N) is 2. The quantitative estimate of drug-likeness (QED) is 0.827. The van der Waals surface area contributed by atoms with E-state index >= 15 is 0 Å². The fraction of sp³-hybridized carbons (Fsp3) is 0.417. The molecule has 1 aromatic heterocycles. The second-order valence-corrected chi connectivity index (χ2v) is 4.70. The van der Waals surface area contributed by atoms with Gasteiger partial charge in [-0.05, 0) is 20.8 Å². The fourth-order valence-corrected chi connectivity index (χ4v) is 1.24. The first-order valence-corrected chi connectivity index (χ1v) is 5.47. The van der Waals surface area contributed by atoms with E-state index in [4.69, 9.17) is 4.74 Å². The molecule has 6 nitrogen and oxygen atoms in total. The molecule has 0 fully saturated rings. The summed E-state index contributed by atoms with van der Waals surface area (Å²) in [6.07, 6.45) is 4.54. The Morgan fingerprint density at radius 1 is 1.61 bits per heavy atom. The average molecular weight is 251 g/mol. The van der Waals surface area contributed by atoms with Gasteiger partial charge in [-0.25, -0.2) is 9.48 Å². The third kappa shape index (κ3) is 4.04. The number of nitrogens with one attached hydrogen (secondary N) is 1. The molecule has 1 rings (SSSR count). The minimum atomic E-state index is -0.784. The van der Waals surface area contributed by atoms with Crippen molar-refractivity contribution in [2.45, 2.75) is 32.4 Å². The van der Waals surface area contributed by atoms with Crippen molar-refractivity contribution in [1.82, 2.24) is 15.1 Å². The topological polar surface area (TPSA) is 73.2 Å². The number of carbonyl (C=O) groups is 2. The molecule has 98 valence electrons. The van der Waals surface area contributed by atoms with Crippen molar-refractivity contribution in [2.75, 3.05) is 0 Å². The highest BCUT2D eigenvalue weighted by Crippen LogP contribution is 2.12. The van der Waals surface area contributed by atoms with Crippen LogP contribution in [0.2, 0.25) is 0 Å². The van der Waals surface area contributed by atoms with Crippen LogP contribution in [-0.2, 0) is 9.53 Å². The van der Waals surface area contributed by atoms with Crippen LogP contribution >= 0.6 is 0 Å². The Morgan fingerprint density at radius 2 is 2.28 bits per heavy atom. The molecule has 18 heavy (non-hydrogen) atoms. The van der Waals surface area contributed by atoms with E-state index in [9.17, 15) is 9.59 Å². The SMILES string of the molecule is C=Cn1cc(C(C=O)NC(=O)OC(C)(C)C)cn1.